The maximum absolute atomic E-state index is 9.23. The van der Waals surface area contributed by atoms with Crippen LogP contribution in [0.5, 0.6) is 0 Å². The lowest BCUT2D eigenvalue weighted by molar-refractivity contribution is 0.260. The van der Waals surface area contributed by atoms with Crippen molar-refractivity contribution in [3.63, 3.8) is 0 Å². The van der Waals surface area contributed by atoms with E-state index in [1.807, 2.05) is 14.1 Å². The normalized spacial score (nSPS) is 11.8. The zero-order chi connectivity index (χ0) is 20.9. The zero-order valence-corrected chi connectivity index (χ0v) is 22.3. The van der Waals surface area contributed by atoms with E-state index in [0.29, 0.717) is 0 Å². The zero-order valence-electron chi connectivity index (χ0n) is 20.7. The van der Waals surface area contributed by atoms with Crippen LogP contribution in [0.15, 0.2) is 0 Å². The lowest BCUT2D eigenvalue weighted by atomic mass is 10.0. The van der Waals surface area contributed by atoms with Crippen molar-refractivity contribution in [2.24, 2.45) is 5.92 Å². The quantitative estimate of drug-likeness (QED) is 0.162. The topological polar surface area (TPSA) is 30.3 Å². The summed E-state index contributed by atoms with van der Waals surface area (Å²) in [4.78, 5) is 4.44. The molecule has 0 rings (SSSR count). The summed E-state index contributed by atoms with van der Waals surface area (Å²) in [5.74, 6) is 0.126. The second kappa shape index (κ2) is 27.0. The average molecular weight is 467 g/mol. The molecule has 0 aromatic rings. The highest BCUT2D eigenvalue weighted by molar-refractivity contribution is 5.85. The van der Waals surface area contributed by atoms with E-state index in [4.69, 9.17) is 0 Å². The first-order valence-electron chi connectivity index (χ1n) is 12.3. The van der Waals surface area contributed by atoms with Gasteiger partial charge in [0.25, 0.3) is 0 Å². The van der Waals surface area contributed by atoms with Gasteiger partial charge in [-0.1, -0.05) is 103 Å². The number of hydrogen-bond acceptors (Lipinski definition) is 3. The molecule has 3 nitrogen and oxygen atoms in total. The Labute approximate surface area is 202 Å². The van der Waals surface area contributed by atoms with Crippen molar-refractivity contribution in [2.75, 3.05) is 40.8 Å². The number of halogens is 2. The minimum atomic E-state index is 0. The van der Waals surface area contributed by atoms with Crippen molar-refractivity contribution in [3.05, 3.63) is 0 Å². The summed E-state index contributed by atoms with van der Waals surface area (Å²) in [6.45, 7) is 5.18. The molecule has 1 unspecified atom stereocenters. The summed E-state index contributed by atoms with van der Waals surface area (Å²) in [6.07, 6.45) is 22.7. The summed E-state index contributed by atoms with van der Waals surface area (Å²) in [6, 6.07) is 2.44. The SMILES string of the molecule is CCCCCCCCCCCCCCCCCCN(C)CC(C#N)CN(C)C.Cl.Cl. The van der Waals surface area contributed by atoms with E-state index in [-0.39, 0.29) is 30.7 Å². The van der Waals surface area contributed by atoms with Crippen LogP contribution in [0.3, 0.4) is 0 Å². The number of unbranched alkanes of at least 4 members (excludes halogenated alkanes) is 15. The van der Waals surface area contributed by atoms with Gasteiger partial charge in [-0.2, -0.15) is 5.26 Å². The summed E-state index contributed by atoms with van der Waals surface area (Å²) >= 11 is 0. The van der Waals surface area contributed by atoms with Gasteiger partial charge < -0.3 is 9.80 Å². The van der Waals surface area contributed by atoms with Gasteiger partial charge >= 0.3 is 0 Å². The molecule has 0 radical (unpaired) electrons. The minimum absolute atomic E-state index is 0. The molecular weight excluding hydrogens is 413 g/mol. The molecule has 0 fully saturated rings. The minimum Gasteiger partial charge on any atom is -0.308 e. The van der Waals surface area contributed by atoms with Crippen LogP contribution in [0, 0.1) is 17.2 Å². The Balaban J connectivity index is -0.00000364. The lowest BCUT2D eigenvalue weighted by Crippen LogP contribution is -2.32. The summed E-state index contributed by atoms with van der Waals surface area (Å²) in [7, 11) is 6.24. The van der Waals surface area contributed by atoms with Crippen molar-refractivity contribution in [1.82, 2.24) is 9.80 Å². The Kier molecular flexibility index (Phi) is 31.2. The smallest absolute Gasteiger partial charge is 0.0717 e. The first-order valence-corrected chi connectivity index (χ1v) is 12.3. The molecule has 0 saturated carbocycles. The van der Waals surface area contributed by atoms with Gasteiger partial charge in [0.15, 0.2) is 0 Å². The van der Waals surface area contributed by atoms with Gasteiger partial charge in [-0.3, -0.25) is 0 Å². The second-order valence-electron chi connectivity index (χ2n) is 9.15. The fourth-order valence-electron chi connectivity index (χ4n) is 3.98. The number of hydrogen-bond donors (Lipinski definition) is 0. The lowest BCUT2D eigenvalue weighted by Gasteiger charge is -2.21. The van der Waals surface area contributed by atoms with E-state index in [0.717, 1.165) is 19.6 Å². The molecule has 0 aliphatic rings. The van der Waals surface area contributed by atoms with E-state index in [1.54, 1.807) is 0 Å². The fourth-order valence-corrected chi connectivity index (χ4v) is 3.98. The largest absolute Gasteiger partial charge is 0.308 e. The molecule has 1 atom stereocenters. The van der Waals surface area contributed by atoms with Crippen molar-refractivity contribution in [3.8, 4) is 6.07 Å². The molecule has 0 aliphatic heterocycles. The third kappa shape index (κ3) is 26.0. The van der Waals surface area contributed by atoms with E-state index in [9.17, 15) is 5.26 Å². The maximum atomic E-state index is 9.23. The Morgan fingerprint density at radius 3 is 1.30 bits per heavy atom. The fraction of sp³-hybridized carbons (Fsp3) is 0.960. The Hall–Kier alpha value is -0.0100. The Morgan fingerprint density at radius 2 is 0.967 bits per heavy atom. The van der Waals surface area contributed by atoms with Gasteiger partial charge in [-0.05, 0) is 34.1 Å². The molecular formula is C25H53Cl2N3. The van der Waals surface area contributed by atoms with Gasteiger partial charge in [-0.15, -0.1) is 24.8 Å². The standard InChI is InChI=1S/C25H51N3.2ClH/c1-5-6-7-8-9-10-11-12-13-14-15-16-17-18-19-20-21-28(4)24-25(22-26)23-27(2)3;;/h25H,5-21,23-24H2,1-4H3;2*1H. The van der Waals surface area contributed by atoms with Crippen LogP contribution in [-0.2, 0) is 0 Å². The van der Waals surface area contributed by atoms with Crippen LogP contribution in [-0.4, -0.2) is 50.6 Å². The molecule has 0 N–H and O–H groups in total. The van der Waals surface area contributed by atoms with E-state index < -0.39 is 0 Å². The molecule has 0 amide bonds. The Bertz CT molecular complexity index is 359. The predicted octanol–water partition coefficient (Wildman–Crippen LogP) is 7.72. The summed E-state index contributed by atoms with van der Waals surface area (Å²) in [5, 5.41) is 9.23. The van der Waals surface area contributed by atoms with Gasteiger partial charge in [0.1, 0.15) is 0 Å². The predicted molar refractivity (Wildman–Crippen MR) is 139 cm³/mol. The van der Waals surface area contributed by atoms with E-state index in [2.05, 4.69) is 29.8 Å². The highest BCUT2D eigenvalue weighted by Gasteiger charge is 2.11. The van der Waals surface area contributed by atoms with E-state index in [1.165, 1.54) is 103 Å². The third-order valence-corrected chi connectivity index (χ3v) is 5.69. The van der Waals surface area contributed by atoms with Crippen LogP contribution < -0.4 is 0 Å². The number of nitrogens with zero attached hydrogens (tertiary/aromatic N) is 3. The van der Waals surface area contributed by atoms with Crippen molar-refractivity contribution in [2.45, 2.75) is 110 Å². The molecule has 0 aliphatic carbocycles. The second-order valence-corrected chi connectivity index (χ2v) is 9.15. The molecule has 0 heterocycles. The van der Waals surface area contributed by atoms with Crippen molar-refractivity contribution >= 4 is 24.8 Å². The van der Waals surface area contributed by atoms with Crippen LogP contribution >= 0.6 is 24.8 Å². The van der Waals surface area contributed by atoms with E-state index >= 15 is 0 Å². The van der Waals surface area contributed by atoms with Gasteiger partial charge in [0.2, 0.25) is 0 Å². The Morgan fingerprint density at radius 1 is 0.600 bits per heavy atom. The van der Waals surface area contributed by atoms with Gasteiger partial charge in [-0.25, -0.2) is 0 Å². The molecule has 0 spiro atoms. The monoisotopic (exact) mass is 465 g/mol. The van der Waals surface area contributed by atoms with Crippen molar-refractivity contribution < 1.29 is 0 Å². The van der Waals surface area contributed by atoms with Crippen LogP contribution in [0.1, 0.15) is 110 Å². The van der Waals surface area contributed by atoms with Gasteiger partial charge in [0, 0.05) is 13.1 Å². The molecule has 0 aromatic carbocycles. The first-order chi connectivity index (χ1) is 13.6. The maximum Gasteiger partial charge on any atom is 0.0717 e. The van der Waals surface area contributed by atoms with Gasteiger partial charge in [0.05, 0.1) is 12.0 Å². The van der Waals surface area contributed by atoms with Crippen LogP contribution in [0.4, 0.5) is 0 Å². The molecule has 0 bridgehead atoms. The third-order valence-electron chi connectivity index (χ3n) is 5.69. The average Bonchev–Trinajstić information content (AvgIpc) is 2.66. The highest BCUT2D eigenvalue weighted by Crippen LogP contribution is 2.13. The first kappa shape index (κ1) is 34.6. The highest BCUT2D eigenvalue weighted by atomic mass is 35.5. The van der Waals surface area contributed by atoms with Crippen molar-refractivity contribution in [1.29, 1.82) is 5.26 Å². The number of rotatable bonds is 21. The van der Waals surface area contributed by atoms with Crippen LogP contribution in [0.2, 0.25) is 0 Å². The number of nitriles is 1. The molecule has 5 heteroatoms. The summed E-state index contributed by atoms with van der Waals surface area (Å²) < 4.78 is 0. The molecule has 0 saturated heterocycles. The molecule has 0 aromatic heterocycles. The van der Waals surface area contributed by atoms with Crippen LogP contribution in [0.25, 0.3) is 0 Å². The summed E-state index contributed by atoms with van der Waals surface area (Å²) in [5.41, 5.74) is 0. The molecule has 182 valence electrons. The molecule has 30 heavy (non-hydrogen) atoms.